The summed E-state index contributed by atoms with van der Waals surface area (Å²) in [5.41, 5.74) is 6.51. The van der Waals surface area contributed by atoms with Crippen LogP contribution < -0.4 is 5.73 Å². The van der Waals surface area contributed by atoms with Crippen LogP contribution in [-0.2, 0) is 6.54 Å². The molecule has 5 heteroatoms. The molecule has 16 heavy (non-hydrogen) atoms. The maximum absolute atomic E-state index is 13.6. The van der Waals surface area contributed by atoms with E-state index in [1.54, 1.807) is 35.3 Å². The maximum atomic E-state index is 13.6. The molecule has 0 amide bonds. The second-order valence-corrected chi connectivity index (χ2v) is 3.81. The molecule has 0 aliphatic rings. The van der Waals surface area contributed by atoms with Gasteiger partial charge in [0.2, 0.25) is 0 Å². The monoisotopic (exact) mass is 235 g/mol. The summed E-state index contributed by atoms with van der Waals surface area (Å²) in [6.07, 6.45) is 3.43. The van der Waals surface area contributed by atoms with E-state index in [1.165, 1.54) is 6.07 Å². The van der Waals surface area contributed by atoms with Gasteiger partial charge < -0.3 is 5.73 Å². The minimum absolute atomic E-state index is 0.199. The highest BCUT2D eigenvalue weighted by molar-refractivity contribution is 7.80. The molecule has 82 valence electrons. The molecule has 0 spiro atoms. The van der Waals surface area contributed by atoms with Crippen molar-refractivity contribution >= 4 is 17.2 Å². The van der Waals surface area contributed by atoms with Crippen LogP contribution in [0.4, 0.5) is 4.39 Å². The number of nitrogens with zero attached hydrogens (tertiary/aromatic N) is 2. The molecule has 0 atom stereocenters. The van der Waals surface area contributed by atoms with Crippen LogP contribution in [0.15, 0.2) is 36.7 Å². The third-order valence-corrected chi connectivity index (χ3v) is 2.46. The van der Waals surface area contributed by atoms with E-state index in [-0.39, 0.29) is 10.8 Å². The molecular formula is C11H10FN3S. The lowest BCUT2D eigenvalue weighted by Gasteiger charge is -2.05. The van der Waals surface area contributed by atoms with Gasteiger partial charge in [-0.3, -0.25) is 4.68 Å². The van der Waals surface area contributed by atoms with Crippen LogP contribution in [0.2, 0.25) is 0 Å². The van der Waals surface area contributed by atoms with E-state index in [9.17, 15) is 4.39 Å². The SMILES string of the molecule is NC(=S)c1ccc(Cn2cccn2)c(F)c1. The highest BCUT2D eigenvalue weighted by Crippen LogP contribution is 2.11. The Morgan fingerprint density at radius 2 is 2.31 bits per heavy atom. The normalized spacial score (nSPS) is 10.3. The summed E-state index contributed by atoms with van der Waals surface area (Å²) in [5.74, 6) is -0.319. The highest BCUT2D eigenvalue weighted by atomic mass is 32.1. The average Bonchev–Trinajstić information content (AvgIpc) is 2.73. The molecule has 0 saturated heterocycles. The maximum Gasteiger partial charge on any atom is 0.128 e. The van der Waals surface area contributed by atoms with E-state index >= 15 is 0 Å². The minimum Gasteiger partial charge on any atom is -0.389 e. The number of hydrogen-bond donors (Lipinski definition) is 1. The van der Waals surface area contributed by atoms with Crippen molar-refractivity contribution in [1.29, 1.82) is 0 Å². The van der Waals surface area contributed by atoms with Crippen molar-refractivity contribution in [3.05, 3.63) is 53.6 Å². The molecule has 0 saturated carbocycles. The van der Waals surface area contributed by atoms with Crippen molar-refractivity contribution in [3.63, 3.8) is 0 Å². The number of hydrogen-bond acceptors (Lipinski definition) is 2. The highest BCUT2D eigenvalue weighted by Gasteiger charge is 2.05. The second-order valence-electron chi connectivity index (χ2n) is 3.37. The van der Waals surface area contributed by atoms with Gasteiger partial charge in [0.25, 0.3) is 0 Å². The molecule has 1 heterocycles. The Balaban J connectivity index is 2.26. The first-order valence-corrected chi connectivity index (χ1v) is 5.13. The van der Waals surface area contributed by atoms with E-state index in [4.69, 9.17) is 18.0 Å². The third-order valence-electron chi connectivity index (χ3n) is 2.23. The number of thiocarbonyl (C=S) groups is 1. The number of benzene rings is 1. The summed E-state index contributed by atoms with van der Waals surface area (Å²) in [7, 11) is 0. The first-order valence-electron chi connectivity index (χ1n) is 4.72. The Hall–Kier alpha value is -1.75. The lowest BCUT2D eigenvalue weighted by Crippen LogP contribution is -2.10. The van der Waals surface area contributed by atoms with Crippen molar-refractivity contribution in [2.75, 3.05) is 0 Å². The zero-order valence-corrected chi connectivity index (χ0v) is 9.25. The molecule has 0 aliphatic carbocycles. The molecule has 0 fully saturated rings. The summed E-state index contributed by atoms with van der Waals surface area (Å²) >= 11 is 4.77. The zero-order valence-electron chi connectivity index (χ0n) is 8.43. The first-order chi connectivity index (χ1) is 7.66. The summed E-state index contributed by atoms with van der Waals surface area (Å²) in [6, 6.07) is 6.53. The Bertz CT molecular complexity index is 508. The van der Waals surface area contributed by atoms with Gasteiger partial charge in [0.05, 0.1) is 6.54 Å². The molecule has 0 aliphatic heterocycles. The van der Waals surface area contributed by atoms with Gasteiger partial charge >= 0.3 is 0 Å². The Kier molecular flexibility index (Phi) is 2.96. The van der Waals surface area contributed by atoms with Gasteiger partial charge in [-0.05, 0) is 12.1 Å². The molecule has 3 nitrogen and oxygen atoms in total. The van der Waals surface area contributed by atoms with Crippen molar-refractivity contribution in [2.24, 2.45) is 5.73 Å². The van der Waals surface area contributed by atoms with Crippen molar-refractivity contribution in [2.45, 2.75) is 6.54 Å². The van der Waals surface area contributed by atoms with Gasteiger partial charge in [0.1, 0.15) is 10.8 Å². The van der Waals surface area contributed by atoms with E-state index in [1.807, 2.05) is 0 Å². The van der Waals surface area contributed by atoms with Crippen LogP contribution in [-0.4, -0.2) is 14.8 Å². The molecule has 1 aromatic carbocycles. The fourth-order valence-electron chi connectivity index (χ4n) is 1.40. The predicted octanol–water partition coefficient (Wildman–Crippen LogP) is 1.70. The molecule has 0 unspecified atom stereocenters. The molecule has 0 bridgehead atoms. The Labute approximate surface area is 97.7 Å². The van der Waals surface area contributed by atoms with E-state index < -0.39 is 0 Å². The molecular weight excluding hydrogens is 225 g/mol. The van der Waals surface area contributed by atoms with Gasteiger partial charge in [0.15, 0.2) is 0 Å². The van der Waals surface area contributed by atoms with Gasteiger partial charge in [0, 0.05) is 23.5 Å². The average molecular weight is 235 g/mol. The fraction of sp³-hybridized carbons (Fsp3) is 0.0909. The summed E-state index contributed by atoms with van der Waals surface area (Å²) in [5, 5.41) is 4.01. The van der Waals surface area contributed by atoms with Crippen LogP contribution in [0.1, 0.15) is 11.1 Å². The molecule has 2 rings (SSSR count). The van der Waals surface area contributed by atoms with Crippen LogP contribution >= 0.6 is 12.2 Å². The first kappa shape index (κ1) is 10.8. The van der Waals surface area contributed by atoms with Gasteiger partial charge in [-0.25, -0.2) is 4.39 Å². The lowest BCUT2D eigenvalue weighted by molar-refractivity contribution is 0.585. The Morgan fingerprint density at radius 3 is 2.88 bits per heavy atom. The van der Waals surface area contributed by atoms with Crippen molar-refractivity contribution in [3.8, 4) is 0 Å². The summed E-state index contributed by atoms with van der Waals surface area (Å²) < 4.78 is 15.3. The summed E-state index contributed by atoms with van der Waals surface area (Å²) in [6.45, 7) is 0.399. The lowest BCUT2D eigenvalue weighted by atomic mass is 10.1. The van der Waals surface area contributed by atoms with E-state index in [0.717, 1.165) is 0 Å². The largest absolute Gasteiger partial charge is 0.389 e. The zero-order chi connectivity index (χ0) is 11.5. The van der Waals surface area contributed by atoms with Gasteiger partial charge in [-0.1, -0.05) is 24.4 Å². The van der Waals surface area contributed by atoms with E-state index in [2.05, 4.69) is 5.10 Å². The number of rotatable bonds is 3. The number of nitrogens with two attached hydrogens (primary N) is 1. The molecule has 1 aromatic heterocycles. The quantitative estimate of drug-likeness (QED) is 0.824. The smallest absolute Gasteiger partial charge is 0.128 e. The molecule has 0 radical (unpaired) electrons. The second kappa shape index (κ2) is 4.40. The summed E-state index contributed by atoms with van der Waals surface area (Å²) in [4.78, 5) is 0.199. The topological polar surface area (TPSA) is 43.8 Å². The fourth-order valence-corrected chi connectivity index (χ4v) is 1.52. The van der Waals surface area contributed by atoms with Gasteiger partial charge in [-0.2, -0.15) is 5.10 Å². The predicted molar refractivity (Wildman–Crippen MR) is 63.6 cm³/mol. The van der Waals surface area contributed by atoms with Crippen LogP contribution in [0, 0.1) is 5.82 Å². The number of halogens is 1. The third kappa shape index (κ3) is 2.25. The van der Waals surface area contributed by atoms with Gasteiger partial charge in [-0.15, -0.1) is 0 Å². The minimum atomic E-state index is -0.319. The van der Waals surface area contributed by atoms with Crippen LogP contribution in [0.3, 0.4) is 0 Å². The molecule has 2 aromatic rings. The Morgan fingerprint density at radius 1 is 1.50 bits per heavy atom. The van der Waals surface area contributed by atoms with Crippen LogP contribution in [0.25, 0.3) is 0 Å². The molecule has 2 N–H and O–H groups in total. The van der Waals surface area contributed by atoms with Crippen molar-refractivity contribution < 1.29 is 4.39 Å². The van der Waals surface area contributed by atoms with Crippen LogP contribution in [0.5, 0.6) is 0 Å². The standard InChI is InChI=1S/C11H10FN3S/c12-10-6-8(11(13)16)2-3-9(10)7-15-5-1-4-14-15/h1-6H,7H2,(H2,13,16). The van der Waals surface area contributed by atoms with E-state index in [0.29, 0.717) is 17.7 Å². The van der Waals surface area contributed by atoms with Crippen molar-refractivity contribution in [1.82, 2.24) is 9.78 Å². The number of aromatic nitrogens is 2.